The van der Waals surface area contributed by atoms with Crippen LogP contribution in [0.3, 0.4) is 0 Å². The molecule has 0 aromatic heterocycles. The van der Waals surface area contributed by atoms with Crippen LogP contribution in [0.2, 0.25) is 0 Å². The maximum absolute atomic E-state index is 14.9. The van der Waals surface area contributed by atoms with Gasteiger partial charge < -0.3 is 15.5 Å². The molecule has 2 aliphatic rings. The van der Waals surface area contributed by atoms with Crippen LogP contribution in [0.25, 0.3) is 0 Å². The van der Waals surface area contributed by atoms with Gasteiger partial charge in [-0.25, -0.2) is 4.39 Å². The van der Waals surface area contributed by atoms with Gasteiger partial charge in [0.2, 0.25) is 5.91 Å². The molecule has 4 N–H and O–H groups in total. The molecule has 0 saturated heterocycles. The number of rotatable bonds is 16. The smallest absolute Gasteiger partial charge is 0.267 e. The molecule has 2 fully saturated rings. The van der Waals surface area contributed by atoms with Gasteiger partial charge in [-0.3, -0.25) is 24.6 Å². The zero-order valence-corrected chi connectivity index (χ0v) is 25.7. The van der Waals surface area contributed by atoms with Crippen LogP contribution in [-0.4, -0.2) is 73.2 Å². The lowest BCUT2D eigenvalue weighted by atomic mass is 9.86. The minimum absolute atomic E-state index is 0.0466. The molecule has 0 aromatic carbocycles. The molecule has 11 heteroatoms. The summed E-state index contributed by atoms with van der Waals surface area (Å²) < 4.78 is 17.5. The van der Waals surface area contributed by atoms with Crippen molar-refractivity contribution in [3.8, 4) is 0 Å². The molecule has 2 rings (SSSR count). The summed E-state index contributed by atoms with van der Waals surface area (Å²) in [5, 5.41) is 9.27. The van der Waals surface area contributed by atoms with E-state index in [1.807, 2.05) is 11.8 Å². The highest BCUT2D eigenvalue weighted by Gasteiger charge is 2.39. The Kier molecular flexibility index (Phi) is 15.4. The number of hydroxylamine groups is 1. The summed E-state index contributed by atoms with van der Waals surface area (Å²) >= 11 is 2.94. The van der Waals surface area contributed by atoms with E-state index in [4.69, 9.17) is 4.84 Å². The van der Waals surface area contributed by atoms with Crippen LogP contribution in [0.15, 0.2) is 35.5 Å². The third-order valence-electron chi connectivity index (χ3n) is 7.19. The number of amides is 2. The molecule has 222 valence electrons. The molecule has 2 saturated carbocycles. The Morgan fingerprint density at radius 2 is 1.85 bits per heavy atom. The first-order chi connectivity index (χ1) is 18.7. The van der Waals surface area contributed by atoms with Crippen molar-refractivity contribution in [1.82, 2.24) is 25.7 Å². The highest BCUT2D eigenvalue weighted by Crippen LogP contribution is 2.32. The van der Waals surface area contributed by atoms with E-state index in [-0.39, 0.29) is 24.8 Å². The van der Waals surface area contributed by atoms with Crippen molar-refractivity contribution in [3.05, 3.63) is 35.5 Å². The van der Waals surface area contributed by atoms with Crippen molar-refractivity contribution in [1.29, 1.82) is 0 Å². The van der Waals surface area contributed by atoms with Gasteiger partial charge in [0.05, 0.1) is 18.5 Å². The van der Waals surface area contributed by atoms with Gasteiger partial charge in [0.15, 0.2) is 5.67 Å². The topological polar surface area (TPSA) is 94.7 Å². The van der Waals surface area contributed by atoms with E-state index in [0.717, 1.165) is 43.5 Å². The summed E-state index contributed by atoms with van der Waals surface area (Å²) in [6, 6.07) is 0.498. The lowest BCUT2D eigenvalue weighted by molar-refractivity contribution is -0.132. The molecule has 1 atom stereocenters. The number of carbonyl (C=O) groups excluding carboxylic acids is 2. The number of nitrogens with zero attached hydrogens (tertiary/aromatic N) is 1. The Bertz CT molecular complexity index is 841. The van der Waals surface area contributed by atoms with E-state index in [0.29, 0.717) is 29.1 Å². The SMILES string of the molecule is C=C/C(NC(CSC1CCC(NCC)CC1)CC(=O)N(C)C)=C(\C=C\SNC(=O)C1(F)CCCCC1)NOC. The highest BCUT2D eigenvalue weighted by atomic mass is 32.2. The van der Waals surface area contributed by atoms with Crippen LogP contribution in [0.1, 0.15) is 71.1 Å². The molecule has 0 heterocycles. The van der Waals surface area contributed by atoms with Crippen LogP contribution >= 0.6 is 23.7 Å². The van der Waals surface area contributed by atoms with Gasteiger partial charge in [0.1, 0.15) is 0 Å². The maximum atomic E-state index is 14.9. The monoisotopic (exact) mass is 585 g/mol. The summed E-state index contributed by atoms with van der Waals surface area (Å²) in [4.78, 5) is 31.8. The number of halogens is 1. The van der Waals surface area contributed by atoms with Crippen LogP contribution in [0, 0.1) is 0 Å². The number of allylic oxidation sites excluding steroid dienone is 2. The Hall–Kier alpha value is -1.69. The predicted octanol–water partition coefficient (Wildman–Crippen LogP) is 4.58. The standard InChI is InChI=1S/C28H48FN5O3S2/c1-6-24(25(32-37-5)15-18-39-33-27(36)28(29)16-9-8-10-17-28)31-22(19-26(35)34(3)4)20-38-23-13-11-21(12-14-23)30-7-2/h6,15,18,21-23,30-32H,1,7-14,16-17,19-20H2,2-5H3,(H,33,36)/b18-15+,25-24-. The quantitative estimate of drug-likeness (QED) is 0.119. The summed E-state index contributed by atoms with van der Waals surface area (Å²) in [5.74, 6) is 0.245. The molecule has 0 aromatic rings. The zero-order chi connectivity index (χ0) is 28.7. The number of thioether (sulfide) groups is 1. The Morgan fingerprint density at radius 3 is 2.44 bits per heavy atom. The van der Waals surface area contributed by atoms with Gasteiger partial charge >= 0.3 is 0 Å². The van der Waals surface area contributed by atoms with Crippen molar-refractivity contribution in [2.75, 3.05) is 33.5 Å². The second kappa shape index (κ2) is 17.9. The fourth-order valence-electron chi connectivity index (χ4n) is 4.90. The van der Waals surface area contributed by atoms with Crippen LogP contribution < -0.4 is 20.8 Å². The third-order valence-corrected chi connectivity index (χ3v) is 9.31. The summed E-state index contributed by atoms with van der Waals surface area (Å²) in [6.45, 7) is 7.10. The first-order valence-electron chi connectivity index (χ1n) is 14.0. The molecule has 39 heavy (non-hydrogen) atoms. The van der Waals surface area contributed by atoms with E-state index in [9.17, 15) is 14.0 Å². The minimum Gasteiger partial charge on any atom is -0.379 e. The molecular weight excluding hydrogens is 537 g/mol. The van der Waals surface area contributed by atoms with Crippen LogP contribution in [-0.2, 0) is 14.4 Å². The van der Waals surface area contributed by atoms with Gasteiger partial charge in [-0.2, -0.15) is 11.8 Å². The van der Waals surface area contributed by atoms with Gasteiger partial charge in [0, 0.05) is 43.6 Å². The number of hydrogen-bond donors (Lipinski definition) is 4. The summed E-state index contributed by atoms with van der Waals surface area (Å²) in [6.07, 6.45) is 11.4. The summed E-state index contributed by atoms with van der Waals surface area (Å²) in [7, 11) is 5.03. The average molecular weight is 586 g/mol. The Balaban J connectivity index is 2.03. The lowest BCUT2D eigenvalue weighted by Crippen LogP contribution is -2.42. The number of hydrogen-bond acceptors (Lipinski definition) is 8. The first kappa shape index (κ1) is 33.5. The second-order valence-corrected chi connectivity index (χ2v) is 12.5. The fourth-order valence-corrected chi connectivity index (χ4v) is 6.77. The van der Waals surface area contributed by atoms with E-state index in [1.54, 1.807) is 36.6 Å². The zero-order valence-electron chi connectivity index (χ0n) is 24.0. The third kappa shape index (κ3) is 11.8. The van der Waals surface area contributed by atoms with Gasteiger partial charge in [0.25, 0.3) is 5.91 Å². The first-order valence-corrected chi connectivity index (χ1v) is 15.9. The minimum atomic E-state index is -1.79. The number of nitrogens with one attached hydrogen (secondary N) is 4. The maximum Gasteiger partial charge on any atom is 0.267 e. The van der Waals surface area contributed by atoms with E-state index < -0.39 is 11.6 Å². The molecule has 0 aliphatic heterocycles. The molecule has 0 radical (unpaired) electrons. The molecule has 2 amide bonds. The lowest BCUT2D eigenvalue weighted by Gasteiger charge is -2.30. The molecule has 1 unspecified atom stereocenters. The van der Waals surface area contributed by atoms with Gasteiger partial charge in [-0.05, 0) is 87.4 Å². The molecule has 0 spiro atoms. The van der Waals surface area contributed by atoms with E-state index in [2.05, 4.69) is 34.3 Å². The fraction of sp³-hybridized carbons (Fsp3) is 0.714. The van der Waals surface area contributed by atoms with E-state index >= 15 is 0 Å². The van der Waals surface area contributed by atoms with Crippen molar-refractivity contribution in [3.63, 3.8) is 0 Å². The largest absolute Gasteiger partial charge is 0.379 e. The van der Waals surface area contributed by atoms with Crippen molar-refractivity contribution in [2.45, 2.75) is 94.1 Å². The van der Waals surface area contributed by atoms with E-state index in [1.165, 1.54) is 32.8 Å². The van der Waals surface area contributed by atoms with Gasteiger partial charge in [-0.1, -0.05) is 19.9 Å². The second-order valence-electron chi connectivity index (χ2n) is 10.4. The Morgan fingerprint density at radius 1 is 1.15 bits per heavy atom. The molecular formula is C28H48FN5O3S2. The average Bonchev–Trinajstić information content (AvgIpc) is 2.93. The van der Waals surface area contributed by atoms with Crippen LogP contribution in [0.5, 0.6) is 0 Å². The normalized spacial score (nSPS) is 22.5. The predicted molar refractivity (Wildman–Crippen MR) is 162 cm³/mol. The number of carbonyl (C=O) groups is 2. The van der Waals surface area contributed by atoms with Crippen molar-refractivity contribution < 1.29 is 18.8 Å². The highest BCUT2D eigenvalue weighted by molar-refractivity contribution is 8.00. The Labute approximate surface area is 242 Å². The van der Waals surface area contributed by atoms with Crippen LogP contribution in [0.4, 0.5) is 4.39 Å². The molecule has 2 aliphatic carbocycles. The summed E-state index contributed by atoms with van der Waals surface area (Å²) in [5.41, 5.74) is 2.31. The van der Waals surface area contributed by atoms with Crippen molar-refractivity contribution >= 4 is 35.5 Å². The molecule has 8 nitrogen and oxygen atoms in total. The molecule has 0 bridgehead atoms. The van der Waals surface area contributed by atoms with Crippen molar-refractivity contribution in [2.24, 2.45) is 0 Å². The number of alkyl halides is 1. The van der Waals surface area contributed by atoms with Gasteiger partial charge in [-0.15, -0.1) is 0 Å².